The first-order chi connectivity index (χ1) is 15.0. The van der Waals surface area contributed by atoms with Crippen LogP contribution in [-0.2, 0) is 16.4 Å². The van der Waals surface area contributed by atoms with E-state index in [1.165, 1.54) is 12.5 Å². The van der Waals surface area contributed by atoms with Crippen LogP contribution in [0.25, 0.3) is 10.4 Å². The summed E-state index contributed by atoms with van der Waals surface area (Å²) >= 11 is 0. The molecule has 1 aliphatic heterocycles. The topological polar surface area (TPSA) is 132 Å². The van der Waals surface area contributed by atoms with Crippen molar-refractivity contribution in [2.24, 2.45) is 20.3 Å². The third-order valence-corrected chi connectivity index (χ3v) is 7.17. The second kappa shape index (κ2) is 8.87. The predicted molar refractivity (Wildman–Crippen MR) is 119 cm³/mol. The number of fused-ring (bicyclic) bond motifs is 1. The fourth-order valence-electron chi connectivity index (χ4n) is 4.12. The molecule has 0 bridgehead atoms. The van der Waals surface area contributed by atoms with Gasteiger partial charge in [0.1, 0.15) is 5.88 Å². The maximum absolute atomic E-state index is 12.5. The zero-order valence-electron chi connectivity index (χ0n) is 17.0. The molecule has 4 rings (SSSR count). The molecular formula is C21H23N7O2S. The Labute approximate surface area is 180 Å². The summed E-state index contributed by atoms with van der Waals surface area (Å²) in [5.74, 6) is 0.00841. The van der Waals surface area contributed by atoms with E-state index in [1.54, 1.807) is 18.2 Å². The highest BCUT2D eigenvalue weighted by molar-refractivity contribution is 7.91. The highest BCUT2D eigenvalue weighted by Crippen LogP contribution is 2.41. The van der Waals surface area contributed by atoms with Crippen molar-refractivity contribution in [1.82, 2.24) is 0 Å². The average Bonchev–Trinajstić information content (AvgIpc) is 2.79. The van der Waals surface area contributed by atoms with Crippen LogP contribution in [0.2, 0.25) is 0 Å². The number of benzene rings is 2. The number of anilines is 1. The van der Waals surface area contributed by atoms with E-state index in [2.05, 4.69) is 25.6 Å². The van der Waals surface area contributed by atoms with Gasteiger partial charge < -0.3 is 5.32 Å². The molecule has 160 valence electrons. The van der Waals surface area contributed by atoms with Crippen molar-refractivity contribution >= 4 is 27.0 Å². The molecule has 1 fully saturated rings. The molecule has 1 saturated carbocycles. The molecule has 1 N–H and O–H groups in total. The molecule has 31 heavy (non-hydrogen) atoms. The third kappa shape index (κ3) is 4.45. The molecule has 0 atom stereocenters. The molecule has 1 spiro atoms. The minimum atomic E-state index is -3.74. The quantitative estimate of drug-likeness (QED) is 0.374. The first-order valence-corrected chi connectivity index (χ1v) is 11.8. The molecule has 0 saturated heterocycles. The smallest absolute Gasteiger partial charge is 0.184 e. The molecule has 0 amide bonds. The second-order valence-corrected chi connectivity index (χ2v) is 9.63. The van der Waals surface area contributed by atoms with Gasteiger partial charge in [-0.25, -0.2) is 13.4 Å². The van der Waals surface area contributed by atoms with E-state index in [4.69, 9.17) is 10.5 Å². The number of para-hydroxylation sites is 2. The Morgan fingerprint density at radius 3 is 2.61 bits per heavy atom. The lowest BCUT2D eigenvalue weighted by molar-refractivity contribution is 0.401. The van der Waals surface area contributed by atoms with Crippen molar-refractivity contribution < 1.29 is 8.42 Å². The van der Waals surface area contributed by atoms with Crippen LogP contribution in [0.3, 0.4) is 0 Å². The van der Waals surface area contributed by atoms with Gasteiger partial charge in [0.15, 0.2) is 15.7 Å². The maximum atomic E-state index is 12.5. The zero-order valence-corrected chi connectivity index (χ0v) is 17.8. The number of aliphatic imine (C=N–C) groups is 1. The van der Waals surface area contributed by atoms with Gasteiger partial charge in [-0.2, -0.15) is 5.11 Å². The van der Waals surface area contributed by atoms with Gasteiger partial charge in [0.2, 0.25) is 0 Å². The molecule has 2 aliphatic rings. The molecule has 1 heterocycles. The van der Waals surface area contributed by atoms with Gasteiger partial charge in [0.25, 0.3) is 0 Å². The van der Waals surface area contributed by atoms with Crippen molar-refractivity contribution in [2.75, 3.05) is 11.2 Å². The number of hydrogen-bond acceptors (Lipinski definition) is 7. The van der Waals surface area contributed by atoms with Crippen LogP contribution < -0.4 is 5.32 Å². The number of nitrogens with one attached hydrogen (secondary N) is 1. The summed E-state index contributed by atoms with van der Waals surface area (Å²) in [5.41, 5.74) is 10.4. The molecule has 0 aromatic heterocycles. The summed E-state index contributed by atoms with van der Waals surface area (Å²) < 4.78 is 25.0. The lowest BCUT2D eigenvalue weighted by atomic mass is 9.79. The number of azo groups is 1. The van der Waals surface area contributed by atoms with Crippen molar-refractivity contribution in [3.8, 4) is 0 Å². The first kappa shape index (κ1) is 21.0. The van der Waals surface area contributed by atoms with E-state index in [0.29, 0.717) is 11.4 Å². The van der Waals surface area contributed by atoms with Gasteiger partial charge in [0, 0.05) is 4.91 Å². The second-order valence-electron chi connectivity index (χ2n) is 7.70. The summed E-state index contributed by atoms with van der Waals surface area (Å²) in [6.45, 7) is 0.0857. The first-order valence-electron chi connectivity index (χ1n) is 10.2. The fraction of sp³-hybridized carbons (Fsp3) is 0.381. The van der Waals surface area contributed by atoms with Crippen LogP contribution in [0.5, 0.6) is 0 Å². The van der Waals surface area contributed by atoms with Crippen LogP contribution >= 0.6 is 0 Å². The predicted octanol–water partition coefficient (Wildman–Crippen LogP) is 5.54. The molecular weight excluding hydrogens is 414 g/mol. The van der Waals surface area contributed by atoms with E-state index in [1.807, 2.05) is 24.3 Å². The van der Waals surface area contributed by atoms with Crippen molar-refractivity contribution in [3.05, 3.63) is 64.5 Å². The summed E-state index contributed by atoms with van der Waals surface area (Å²) in [6.07, 6.45) is 5.22. The Morgan fingerprint density at radius 1 is 1.06 bits per heavy atom. The van der Waals surface area contributed by atoms with Crippen LogP contribution in [0, 0.1) is 0 Å². The third-order valence-electron chi connectivity index (χ3n) is 5.64. The highest BCUT2D eigenvalue weighted by atomic mass is 32.2. The van der Waals surface area contributed by atoms with Crippen molar-refractivity contribution in [3.63, 3.8) is 0 Å². The average molecular weight is 438 g/mol. The van der Waals surface area contributed by atoms with Crippen molar-refractivity contribution in [2.45, 2.75) is 49.1 Å². The van der Waals surface area contributed by atoms with Crippen LogP contribution in [0.4, 0.5) is 11.4 Å². The maximum Gasteiger partial charge on any atom is 0.184 e. The summed E-state index contributed by atoms with van der Waals surface area (Å²) in [7, 11) is -3.74. The lowest BCUT2D eigenvalue weighted by Gasteiger charge is -2.40. The van der Waals surface area contributed by atoms with Gasteiger partial charge in [0.05, 0.1) is 28.4 Å². The Hall–Kier alpha value is -3.23. The number of hydrogen-bond donors (Lipinski definition) is 1. The van der Waals surface area contributed by atoms with Crippen LogP contribution in [0.1, 0.15) is 37.7 Å². The Kier molecular flexibility index (Phi) is 6.01. The largest absolute Gasteiger partial charge is 0.371 e. The van der Waals surface area contributed by atoms with Crippen LogP contribution in [-0.4, -0.2) is 25.7 Å². The molecule has 2 aromatic rings. The Balaban J connectivity index is 1.63. The summed E-state index contributed by atoms with van der Waals surface area (Å²) in [5, 5.41) is 15.7. The molecule has 10 heteroatoms. The number of azide groups is 1. The standard InChI is InChI=1S/C21H23N7O2S/c22-28-24-15-31(29,30)19-11-5-2-8-16(19)14-23-27-20-21(12-6-1-7-13-21)26-18-10-4-3-9-17(18)25-20/h2-5,8-11,26H,1,6-7,12-15H2. The van der Waals surface area contributed by atoms with Crippen LogP contribution in [0.15, 0.2) is 73.8 Å². The Morgan fingerprint density at radius 2 is 1.81 bits per heavy atom. The number of rotatable bonds is 5. The minimum Gasteiger partial charge on any atom is -0.371 e. The molecule has 9 nitrogen and oxygen atoms in total. The highest BCUT2D eigenvalue weighted by Gasteiger charge is 2.40. The van der Waals surface area contributed by atoms with E-state index >= 15 is 0 Å². The van der Waals surface area contributed by atoms with Gasteiger partial charge in [-0.05, 0) is 42.1 Å². The fourth-order valence-corrected chi connectivity index (χ4v) is 5.28. The molecule has 0 radical (unpaired) electrons. The van der Waals surface area contributed by atoms with Gasteiger partial charge in [-0.1, -0.05) is 54.7 Å². The lowest BCUT2D eigenvalue weighted by Crippen LogP contribution is -2.48. The van der Waals surface area contributed by atoms with Gasteiger partial charge in [-0.15, -0.1) is 5.11 Å². The van der Waals surface area contributed by atoms with Crippen molar-refractivity contribution in [1.29, 1.82) is 0 Å². The minimum absolute atomic E-state index is 0.0857. The normalized spacial score (nSPS) is 17.5. The van der Waals surface area contributed by atoms with E-state index in [9.17, 15) is 8.42 Å². The molecule has 1 aliphatic carbocycles. The van der Waals surface area contributed by atoms with Gasteiger partial charge in [-0.3, -0.25) is 0 Å². The summed E-state index contributed by atoms with van der Waals surface area (Å²) in [6, 6.07) is 14.4. The van der Waals surface area contributed by atoms with E-state index in [0.717, 1.165) is 37.1 Å². The number of amidine groups is 1. The van der Waals surface area contributed by atoms with E-state index < -0.39 is 15.7 Å². The zero-order chi connectivity index (χ0) is 21.7. The molecule has 0 unspecified atom stereocenters. The van der Waals surface area contributed by atoms with Gasteiger partial charge >= 0.3 is 0 Å². The molecule has 2 aromatic carbocycles. The SMILES string of the molecule is [N-]=[N+]=NCS(=O)(=O)c1ccccc1CN=NC1=Nc2ccccc2NC12CCCCC2. The van der Waals surface area contributed by atoms with E-state index in [-0.39, 0.29) is 17.0 Å². The Bertz CT molecular complexity index is 1180. The monoisotopic (exact) mass is 437 g/mol. The summed E-state index contributed by atoms with van der Waals surface area (Å²) in [4.78, 5) is 7.43. The number of nitrogens with zero attached hydrogens (tertiary/aromatic N) is 6. The number of sulfone groups is 1.